The molecule has 1 amide bonds. The Morgan fingerprint density at radius 1 is 1.53 bits per heavy atom. The number of rotatable bonds is 1. The van der Waals surface area contributed by atoms with Gasteiger partial charge in [-0.2, -0.15) is 0 Å². The van der Waals surface area contributed by atoms with E-state index >= 15 is 0 Å². The summed E-state index contributed by atoms with van der Waals surface area (Å²) in [5, 5.41) is 1.90. The van der Waals surface area contributed by atoms with Crippen LogP contribution in [0.5, 0.6) is 0 Å². The predicted octanol–water partition coefficient (Wildman–Crippen LogP) is 3.09. The van der Waals surface area contributed by atoms with Crippen molar-refractivity contribution in [2.75, 3.05) is 6.54 Å². The van der Waals surface area contributed by atoms with Gasteiger partial charge in [0.15, 0.2) is 0 Å². The van der Waals surface area contributed by atoms with Crippen molar-refractivity contribution < 1.29 is 9.59 Å². The topological polar surface area (TPSA) is 37.4 Å². The number of amides is 1. The molecule has 0 saturated carbocycles. The van der Waals surface area contributed by atoms with Gasteiger partial charge in [0.1, 0.15) is 5.78 Å². The van der Waals surface area contributed by atoms with E-state index in [1.54, 1.807) is 0 Å². The van der Waals surface area contributed by atoms with Crippen molar-refractivity contribution in [2.45, 2.75) is 32.2 Å². The minimum Gasteiger partial charge on any atom is -0.332 e. The molecule has 0 bridgehead atoms. The average Bonchev–Trinajstić information content (AvgIpc) is 2.62. The average molecular weight is 316 g/mol. The first-order valence-electron chi connectivity index (χ1n) is 5.48. The molecule has 0 atom stereocenters. The lowest BCUT2D eigenvalue weighted by Gasteiger charge is -2.41. The monoisotopic (exact) mass is 315 g/mol. The molecule has 0 spiro atoms. The summed E-state index contributed by atoms with van der Waals surface area (Å²) >= 11 is 4.78. The van der Waals surface area contributed by atoms with Crippen LogP contribution in [0.1, 0.15) is 36.4 Å². The zero-order valence-corrected chi connectivity index (χ0v) is 12.2. The van der Waals surface area contributed by atoms with Gasteiger partial charge in [0.25, 0.3) is 5.91 Å². The van der Waals surface area contributed by atoms with Crippen molar-refractivity contribution in [3.05, 3.63) is 20.8 Å². The van der Waals surface area contributed by atoms with Gasteiger partial charge in [0.05, 0.1) is 4.88 Å². The fourth-order valence-corrected chi connectivity index (χ4v) is 3.51. The molecule has 2 rings (SSSR count). The number of thiophene rings is 1. The van der Waals surface area contributed by atoms with Gasteiger partial charge in [-0.25, -0.2) is 0 Å². The van der Waals surface area contributed by atoms with E-state index in [1.165, 1.54) is 11.3 Å². The van der Waals surface area contributed by atoms with E-state index in [9.17, 15) is 9.59 Å². The second kappa shape index (κ2) is 4.53. The Morgan fingerprint density at radius 3 is 2.76 bits per heavy atom. The summed E-state index contributed by atoms with van der Waals surface area (Å²) in [5.74, 6) is 0.268. The van der Waals surface area contributed by atoms with Gasteiger partial charge in [-0.05, 0) is 35.8 Å². The second-order valence-electron chi connectivity index (χ2n) is 4.86. The molecule has 3 nitrogen and oxygen atoms in total. The standard InChI is InChI=1S/C12H14BrNO2S/c1-12(2)6-9(15)3-4-14(12)11(16)10-5-8(13)7-17-10/h5,7H,3-4,6H2,1-2H3. The van der Waals surface area contributed by atoms with Crippen LogP contribution in [0.2, 0.25) is 0 Å². The molecule has 5 heteroatoms. The highest BCUT2D eigenvalue weighted by molar-refractivity contribution is 9.10. The lowest BCUT2D eigenvalue weighted by atomic mass is 9.89. The number of hydrogen-bond acceptors (Lipinski definition) is 3. The zero-order chi connectivity index (χ0) is 12.6. The smallest absolute Gasteiger partial charge is 0.264 e. The maximum atomic E-state index is 12.3. The van der Waals surface area contributed by atoms with Crippen LogP contribution in [0.3, 0.4) is 0 Å². The van der Waals surface area contributed by atoms with E-state index in [4.69, 9.17) is 0 Å². The first kappa shape index (κ1) is 12.8. The number of carbonyl (C=O) groups excluding carboxylic acids is 2. The van der Waals surface area contributed by atoms with E-state index in [2.05, 4.69) is 15.9 Å². The number of hydrogen-bond donors (Lipinski definition) is 0. The Balaban J connectivity index is 2.22. The Labute approximate surface area is 113 Å². The van der Waals surface area contributed by atoms with Crippen LogP contribution in [0.25, 0.3) is 0 Å². The fraction of sp³-hybridized carbons (Fsp3) is 0.500. The summed E-state index contributed by atoms with van der Waals surface area (Å²) in [4.78, 5) is 26.3. The van der Waals surface area contributed by atoms with Gasteiger partial charge in [-0.15, -0.1) is 11.3 Å². The number of ketones is 1. The van der Waals surface area contributed by atoms with E-state index in [-0.39, 0.29) is 17.2 Å². The third-order valence-electron chi connectivity index (χ3n) is 3.00. The van der Waals surface area contributed by atoms with Crippen LogP contribution < -0.4 is 0 Å². The lowest BCUT2D eigenvalue weighted by Crippen LogP contribution is -2.52. The van der Waals surface area contributed by atoms with Crippen molar-refractivity contribution in [3.63, 3.8) is 0 Å². The first-order chi connectivity index (χ1) is 7.90. The van der Waals surface area contributed by atoms with Crippen LogP contribution in [0.4, 0.5) is 0 Å². The largest absolute Gasteiger partial charge is 0.332 e. The fourth-order valence-electron chi connectivity index (χ4n) is 2.14. The Morgan fingerprint density at radius 2 is 2.24 bits per heavy atom. The molecule has 1 fully saturated rings. The van der Waals surface area contributed by atoms with Gasteiger partial charge < -0.3 is 4.90 Å². The van der Waals surface area contributed by atoms with Gasteiger partial charge in [0.2, 0.25) is 0 Å². The molecule has 0 unspecified atom stereocenters. The molecule has 0 aromatic carbocycles. The van der Waals surface area contributed by atoms with Crippen LogP contribution >= 0.6 is 27.3 Å². The van der Waals surface area contributed by atoms with Crippen LogP contribution in [0, 0.1) is 0 Å². The van der Waals surface area contributed by atoms with Gasteiger partial charge in [0, 0.05) is 34.8 Å². The number of likely N-dealkylation sites (tertiary alicyclic amines) is 1. The van der Waals surface area contributed by atoms with Crippen LogP contribution in [-0.4, -0.2) is 28.7 Å². The second-order valence-corrected chi connectivity index (χ2v) is 6.69. The van der Waals surface area contributed by atoms with Gasteiger partial charge in [-0.3, -0.25) is 9.59 Å². The molecule has 0 N–H and O–H groups in total. The highest BCUT2D eigenvalue weighted by Crippen LogP contribution is 2.29. The number of Topliss-reactive ketones (excluding diaryl/α,β-unsaturated/α-hetero) is 1. The number of nitrogens with zero attached hydrogens (tertiary/aromatic N) is 1. The minimum absolute atomic E-state index is 0.0261. The molecular weight excluding hydrogens is 302 g/mol. The molecule has 1 saturated heterocycles. The molecule has 1 aromatic heterocycles. The Kier molecular flexibility index (Phi) is 3.41. The quantitative estimate of drug-likeness (QED) is 0.798. The first-order valence-corrected chi connectivity index (χ1v) is 7.15. The molecule has 0 radical (unpaired) electrons. The highest BCUT2D eigenvalue weighted by atomic mass is 79.9. The summed E-state index contributed by atoms with van der Waals surface area (Å²) in [7, 11) is 0. The molecule has 0 aliphatic carbocycles. The number of halogens is 1. The Hall–Kier alpha value is -0.680. The van der Waals surface area contributed by atoms with Crippen molar-refractivity contribution >= 4 is 39.0 Å². The highest BCUT2D eigenvalue weighted by Gasteiger charge is 2.37. The normalized spacial score (nSPS) is 19.5. The molecule has 1 aromatic rings. The maximum Gasteiger partial charge on any atom is 0.264 e. The third-order valence-corrected chi connectivity index (χ3v) is 4.68. The van der Waals surface area contributed by atoms with Crippen molar-refractivity contribution in [3.8, 4) is 0 Å². The third kappa shape index (κ3) is 2.60. The summed E-state index contributed by atoms with van der Waals surface area (Å²) < 4.78 is 0.928. The summed E-state index contributed by atoms with van der Waals surface area (Å²) in [6, 6.07) is 1.83. The van der Waals surface area contributed by atoms with E-state index in [1.807, 2.05) is 30.2 Å². The van der Waals surface area contributed by atoms with Crippen molar-refractivity contribution in [1.82, 2.24) is 4.90 Å². The minimum atomic E-state index is -0.372. The van der Waals surface area contributed by atoms with E-state index < -0.39 is 0 Å². The van der Waals surface area contributed by atoms with Gasteiger partial charge in [-0.1, -0.05) is 0 Å². The summed E-state index contributed by atoms with van der Waals surface area (Å²) in [6.07, 6.45) is 0.924. The Bertz CT molecular complexity index is 467. The zero-order valence-electron chi connectivity index (χ0n) is 9.83. The molecule has 92 valence electrons. The number of piperidine rings is 1. The van der Waals surface area contributed by atoms with E-state index in [0.29, 0.717) is 19.4 Å². The van der Waals surface area contributed by atoms with Crippen molar-refractivity contribution in [2.24, 2.45) is 0 Å². The van der Waals surface area contributed by atoms with Crippen molar-refractivity contribution in [1.29, 1.82) is 0 Å². The molecule has 17 heavy (non-hydrogen) atoms. The van der Waals surface area contributed by atoms with Crippen LogP contribution in [0.15, 0.2) is 15.9 Å². The molecular formula is C12H14BrNO2S. The lowest BCUT2D eigenvalue weighted by molar-refractivity contribution is -0.124. The predicted molar refractivity (Wildman–Crippen MR) is 71.4 cm³/mol. The maximum absolute atomic E-state index is 12.3. The summed E-state index contributed by atoms with van der Waals surface area (Å²) in [5.41, 5.74) is -0.372. The molecule has 2 heterocycles. The molecule has 1 aliphatic heterocycles. The summed E-state index contributed by atoms with van der Waals surface area (Å²) in [6.45, 7) is 4.43. The van der Waals surface area contributed by atoms with Gasteiger partial charge >= 0.3 is 0 Å². The SMILES string of the molecule is CC1(C)CC(=O)CCN1C(=O)c1cc(Br)cs1. The number of carbonyl (C=O) groups is 2. The van der Waals surface area contributed by atoms with Crippen LogP contribution in [-0.2, 0) is 4.79 Å². The molecule has 1 aliphatic rings. The van der Waals surface area contributed by atoms with E-state index in [0.717, 1.165) is 9.35 Å².